The number of benzene rings is 6. The zero-order valence-electron chi connectivity index (χ0n) is 21.4. The van der Waals surface area contributed by atoms with Crippen molar-refractivity contribution >= 4 is 70.5 Å². The Morgan fingerprint density at radius 3 is 2.23 bits per heavy atom. The Morgan fingerprint density at radius 1 is 0.550 bits per heavy atom. The highest BCUT2D eigenvalue weighted by Gasteiger charge is 2.28. The van der Waals surface area contributed by atoms with Crippen molar-refractivity contribution in [3.05, 3.63) is 127 Å². The SMILES string of the molecule is c1ccc2c(c1)-c1cccc3cccc(c13)N2c1nc(-c2ccc3ccccc3c2)c2sc3ccccc3c2n1. The third-order valence-electron chi connectivity index (χ3n) is 7.99. The smallest absolute Gasteiger partial charge is 0.235 e. The van der Waals surface area contributed by atoms with Crippen LogP contribution in [0.1, 0.15) is 0 Å². The van der Waals surface area contributed by atoms with Crippen LogP contribution in [0.4, 0.5) is 17.3 Å². The Kier molecular flexibility index (Phi) is 4.48. The summed E-state index contributed by atoms with van der Waals surface area (Å²) in [6.07, 6.45) is 0. The molecule has 0 unspecified atom stereocenters. The van der Waals surface area contributed by atoms with Crippen molar-refractivity contribution in [1.29, 1.82) is 0 Å². The summed E-state index contributed by atoms with van der Waals surface area (Å²) in [6, 6.07) is 45.3. The molecule has 0 amide bonds. The summed E-state index contributed by atoms with van der Waals surface area (Å²) in [5, 5.41) is 6.04. The van der Waals surface area contributed by atoms with Gasteiger partial charge >= 0.3 is 0 Å². The van der Waals surface area contributed by atoms with Crippen molar-refractivity contribution in [2.75, 3.05) is 4.90 Å². The average molecular weight is 528 g/mol. The number of rotatable bonds is 2. The van der Waals surface area contributed by atoms with E-state index in [1.165, 1.54) is 37.4 Å². The molecule has 0 saturated carbocycles. The maximum absolute atomic E-state index is 5.38. The largest absolute Gasteiger partial charge is 0.278 e. The van der Waals surface area contributed by atoms with Gasteiger partial charge in [-0.25, -0.2) is 9.97 Å². The van der Waals surface area contributed by atoms with E-state index in [0.29, 0.717) is 5.95 Å². The first-order valence-electron chi connectivity index (χ1n) is 13.4. The van der Waals surface area contributed by atoms with Gasteiger partial charge in [0.05, 0.1) is 27.3 Å². The molecule has 2 aromatic heterocycles. The molecule has 0 radical (unpaired) electrons. The molecule has 0 atom stereocenters. The molecule has 6 aromatic carbocycles. The number of hydrogen-bond acceptors (Lipinski definition) is 4. The molecule has 4 heteroatoms. The molecule has 0 spiro atoms. The van der Waals surface area contributed by atoms with Crippen molar-refractivity contribution < 1.29 is 0 Å². The summed E-state index contributed by atoms with van der Waals surface area (Å²) in [5.74, 6) is 0.689. The van der Waals surface area contributed by atoms with Crippen LogP contribution in [-0.4, -0.2) is 9.97 Å². The molecule has 0 aliphatic carbocycles. The highest BCUT2D eigenvalue weighted by molar-refractivity contribution is 7.26. The van der Waals surface area contributed by atoms with Crippen LogP contribution >= 0.6 is 11.3 Å². The third-order valence-corrected chi connectivity index (χ3v) is 9.16. The minimum Gasteiger partial charge on any atom is -0.278 e. The van der Waals surface area contributed by atoms with E-state index in [1.54, 1.807) is 11.3 Å². The van der Waals surface area contributed by atoms with Gasteiger partial charge in [0, 0.05) is 26.6 Å². The van der Waals surface area contributed by atoms with Crippen molar-refractivity contribution in [2.45, 2.75) is 0 Å². The predicted octanol–water partition coefficient (Wildman–Crippen LogP) is 10.3. The molecule has 1 aliphatic rings. The molecule has 8 aromatic rings. The van der Waals surface area contributed by atoms with Gasteiger partial charge < -0.3 is 0 Å². The number of nitrogens with zero attached hydrogens (tertiary/aromatic N) is 3. The lowest BCUT2D eigenvalue weighted by molar-refractivity contribution is 1.12. The molecular formula is C36H21N3S. The van der Waals surface area contributed by atoms with Crippen LogP contribution in [0, 0.1) is 0 Å². The number of thiophene rings is 1. The van der Waals surface area contributed by atoms with Crippen LogP contribution in [0.25, 0.3) is 64.2 Å². The van der Waals surface area contributed by atoms with Crippen molar-refractivity contribution in [2.24, 2.45) is 0 Å². The summed E-state index contributed by atoms with van der Waals surface area (Å²) in [5.41, 5.74) is 7.71. The van der Waals surface area contributed by atoms with Crippen LogP contribution in [0.3, 0.4) is 0 Å². The van der Waals surface area contributed by atoms with Crippen LogP contribution in [0.5, 0.6) is 0 Å². The van der Waals surface area contributed by atoms with Crippen molar-refractivity contribution in [3.63, 3.8) is 0 Å². The molecule has 3 heterocycles. The maximum Gasteiger partial charge on any atom is 0.235 e. The number of aromatic nitrogens is 2. The van der Waals surface area contributed by atoms with Gasteiger partial charge in [-0.1, -0.05) is 103 Å². The third kappa shape index (κ3) is 3.05. The molecule has 9 rings (SSSR count). The van der Waals surface area contributed by atoms with E-state index in [4.69, 9.17) is 9.97 Å². The lowest BCUT2D eigenvalue weighted by Crippen LogP contribution is -2.17. The molecule has 0 fully saturated rings. The predicted molar refractivity (Wildman–Crippen MR) is 169 cm³/mol. The average Bonchev–Trinajstić information content (AvgIpc) is 3.39. The Balaban J connectivity index is 1.40. The highest BCUT2D eigenvalue weighted by Crippen LogP contribution is 2.51. The second-order valence-electron chi connectivity index (χ2n) is 10.2. The summed E-state index contributed by atoms with van der Waals surface area (Å²) in [4.78, 5) is 13.0. The summed E-state index contributed by atoms with van der Waals surface area (Å²) >= 11 is 1.77. The number of para-hydroxylation sites is 1. The normalized spacial score (nSPS) is 12.4. The summed E-state index contributed by atoms with van der Waals surface area (Å²) in [6.45, 7) is 0. The van der Waals surface area contributed by atoms with E-state index in [9.17, 15) is 0 Å². The maximum atomic E-state index is 5.38. The number of anilines is 3. The lowest BCUT2D eigenvalue weighted by atomic mass is 9.91. The molecule has 1 aliphatic heterocycles. The van der Waals surface area contributed by atoms with Crippen LogP contribution in [-0.2, 0) is 0 Å². The van der Waals surface area contributed by atoms with Crippen LogP contribution < -0.4 is 4.90 Å². The van der Waals surface area contributed by atoms with Gasteiger partial charge in [-0.3, -0.25) is 4.90 Å². The van der Waals surface area contributed by atoms with Crippen molar-refractivity contribution in [1.82, 2.24) is 9.97 Å². The fraction of sp³-hybridized carbons (Fsp3) is 0. The number of hydrogen-bond donors (Lipinski definition) is 0. The minimum absolute atomic E-state index is 0.689. The first-order chi connectivity index (χ1) is 19.8. The molecule has 0 bridgehead atoms. The van der Waals surface area contributed by atoms with Gasteiger partial charge in [0.15, 0.2) is 0 Å². The monoisotopic (exact) mass is 527 g/mol. The van der Waals surface area contributed by atoms with E-state index < -0.39 is 0 Å². The standard InChI is InChI=1S/C36H21N3S/c1-2-10-24-21-25(20-19-22(24)9-1)33-35-34(28-14-4-6-18-31(28)40-35)38-36(37-33)39-29-16-5-3-13-26(29)27-15-7-11-23-12-8-17-30(39)32(23)27/h1-21H. The fourth-order valence-corrected chi connectivity index (χ4v) is 7.34. The second kappa shape index (κ2) is 8.22. The zero-order chi connectivity index (χ0) is 26.2. The van der Waals surface area contributed by atoms with Crippen LogP contribution in [0.15, 0.2) is 127 Å². The van der Waals surface area contributed by atoms with E-state index in [-0.39, 0.29) is 0 Å². The van der Waals surface area contributed by atoms with Gasteiger partial charge in [0.25, 0.3) is 0 Å². The topological polar surface area (TPSA) is 29.0 Å². The van der Waals surface area contributed by atoms with Gasteiger partial charge in [-0.2, -0.15) is 0 Å². The Bertz CT molecular complexity index is 2290. The molecule has 40 heavy (non-hydrogen) atoms. The Morgan fingerprint density at radius 2 is 1.27 bits per heavy atom. The molecule has 3 nitrogen and oxygen atoms in total. The van der Waals surface area contributed by atoms with Crippen LogP contribution in [0.2, 0.25) is 0 Å². The minimum atomic E-state index is 0.689. The van der Waals surface area contributed by atoms with Gasteiger partial charge in [0.2, 0.25) is 5.95 Å². The molecule has 0 N–H and O–H groups in total. The van der Waals surface area contributed by atoms with E-state index in [0.717, 1.165) is 38.2 Å². The van der Waals surface area contributed by atoms with Gasteiger partial charge in [-0.05, 0) is 46.0 Å². The lowest BCUT2D eigenvalue weighted by Gasteiger charge is -2.32. The fourth-order valence-electron chi connectivity index (χ4n) is 6.18. The quantitative estimate of drug-likeness (QED) is 0.224. The molecule has 186 valence electrons. The van der Waals surface area contributed by atoms with Gasteiger partial charge in [0.1, 0.15) is 0 Å². The Hall–Kier alpha value is -5.06. The van der Waals surface area contributed by atoms with Gasteiger partial charge in [-0.15, -0.1) is 11.3 Å². The summed E-state index contributed by atoms with van der Waals surface area (Å²) < 4.78 is 2.33. The second-order valence-corrected chi connectivity index (χ2v) is 11.3. The summed E-state index contributed by atoms with van der Waals surface area (Å²) in [7, 11) is 0. The zero-order valence-corrected chi connectivity index (χ0v) is 22.2. The van der Waals surface area contributed by atoms with E-state index in [2.05, 4.69) is 132 Å². The highest BCUT2D eigenvalue weighted by atomic mass is 32.1. The molecule has 0 saturated heterocycles. The van der Waals surface area contributed by atoms with E-state index >= 15 is 0 Å². The Labute approximate surface area is 234 Å². The first-order valence-corrected chi connectivity index (χ1v) is 14.2. The van der Waals surface area contributed by atoms with E-state index in [1.807, 2.05) is 0 Å². The van der Waals surface area contributed by atoms with Crippen molar-refractivity contribution in [3.8, 4) is 22.4 Å². The number of fused-ring (bicyclic) bond motifs is 6. The first kappa shape index (κ1) is 21.8. The molecular weight excluding hydrogens is 506 g/mol.